The third-order valence-electron chi connectivity index (χ3n) is 6.24. The minimum atomic E-state index is -0.451. The first-order valence-electron chi connectivity index (χ1n) is 10.4. The van der Waals surface area contributed by atoms with E-state index in [2.05, 4.69) is 33.4 Å². The fraction of sp³-hybridized carbons (Fsp3) is 0.409. The van der Waals surface area contributed by atoms with Crippen LogP contribution in [0.4, 0.5) is 20.7 Å². The Kier molecular flexibility index (Phi) is 4.66. The van der Waals surface area contributed by atoms with Crippen molar-refractivity contribution in [3.63, 3.8) is 0 Å². The number of likely N-dealkylation sites (tertiary alicyclic amines) is 1. The average Bonchev–Trinajstić information content (AvgIpc) is 3.32. The molecule has 2 amide bonds. The van der Waals surface area contributed by atoms with E-state index in [1.165, 1.54) is 17.2 Å². The molecule has 0 atom stereocenters. The first-order chi connectivity index (χ1) is 14.5. The molecule has 7 nitrogen and oxygen atoms in total. The van der Waals surface area contributed by atoms with E-state index >= 15 is 0 Å². The number of halogens is 1. The van der Waals surface area contributed by atoms with E-state index in [0.717, 1.165) is 38.2 Å². The van der Waals surface area contributed by atoms with Crippen LogP contribution < -0.4 is 10.2 Å². The van der Waals surface area contributed by atoms with Gasteiger partial charge < -0.3 is 10.2 Å². The number of amides is 2. The lowest BCUT2D eigenvalue weighted by Crippen LogP contribution is -2.34. The summed E-state index contributed by atoms with van der Waals surface area (Å²) in [6.45, 7) is 2.76. The van der Waals surface area contributed by atoms with Gasteiger partial charge in [0.05, 0.1) is 0 Å². The summed E-state index contributed by atoms with van der Waals surface area (Å²) in [7, 11) is 3.90. The number of aryl methyl sites for hydroxylation is 1. The van der Waals surface area contributed by atoms with E-state index in [1.807, 2.05) is 0 Å². The molecule has 1 N–H and O–H groups in total. The molecule has 0 bridgehead atoms. The number of benzene rings is 1. The molecule has 1 aromatic carbocycles. The summed E-state index contributed by atoms with van der Waals surface area (Å²) in [5.41, 5.74) is 3.21. The largest absolute Gasteiger partial charge is 0.327 e. The second-order valence-corrected chi connectivity index (χ2v) is 8.31. The van der Waals surface area contributed by atoms with Crippen LogP contribution in [0.3, 0.4) is 0 Å². The highest BCUT2D eigenvalue weighted by Gasteiger charge is 2.31. The maximum absolute atomic E-state index is 14.4. The van der Waals surface area contributed by atoms with E-state index in [4.69, 9.17) is 0 Å². The van der Waals surface area contributed by atoms with Crippen LogP contribution in [0.5, 0.6) is 0 Å². The quantitative estimate of drug-likeness (QED) is 0.705. The summed E-state index contributed by atoms with van der Waals surface area (Å²) < 4.78 is 15.9. The lowest BCUT2D eigenvalue weighted by Gasteiger charge is -2.30. The van der Waals surface area contributed by atoms with Crippen molar-refractivity contribution in [2.75, 3.05) is 36.9 Å². The zero-order valence-corrected chi connectivity index (χ0v) is 17.2. The molecular weight excluding hydrogens is 383 g/mol. The van der Waals surface area contributed by atoms with Crippen molar-refractivity contribution >= 4 is 28.4 Å². The predicted molar refractivity (Wildman–Crippen MR) is 114 cm³/mol. The third-order valence-corrected chi connectivity index (χ3v) is 6.24. The Morgan fingerprint density at radius 2 is 2.00 bits per heavy atom. The van der Waals surface area contributed by atoms with Gasteiger partial charge in [0.15, 0.2) is 5.82 Å². The summed E-state index contributed by atoms with van der Waals surface area (Å²) in [5, 5.41) is 7.59. The Balaban J connectivity index is 1.38. The predicted octanol–water partition coefficient (Wildman–Crippen LogP) is 3.51. The molecule has 0 radical (unpaired) electrons. The zero-order chi connectivity index (χ0) is 20.8. The number of aromatic nitrogens is 3. The lowest BCUT2D eigenvalue weighted by atomic mass is 9.87. The zero-order valence-electron chi connectivity index (χ0n) is 17.2. The number of piperidine rings is 1. The number of fused-ring (bicyclic) bond motifs is 2. The van der Waals surface area contributed by atoms with E-state index < -0.39 is 5.82 Å². The van der Waals surface area contributed by atoms with Crippen molar-refractivity contribution in [1.82, 2.24) is 19.7 Å². The van der Waals surface area contributed by atoms with Crippen LogP contribution in [-0.4, -0.2) is 52.4 Å². The van der Waals surface area contributed by atoms with Gasteiger partial charge in [0.25, 0.3) is 0 Å². The number of nitrogens with zero attached hydrogens (tertiary/aromatic N) is 5. The summed E-state index contributed by atoms with van der Waals surface area (Å²) in [6.07, 6.45) is 6.59. The second-order valence-electron chi connectivity index (χ2n) is 8.31. The Morgan fingerprint density at radius 1 is 1.20 bits per heavy atom. The molecule has 0 spiro atoms. The molecular formula is C22H25FN6O. The molecule has 2 aliphatic rings. The molecule has 0 unspecified atom stereocenters. The van der Waals surface area contributed by atoms with Gasteiger partial charge in [0.2, 0.25) is 0 Å². The summed E-state index contributed by atoms with van der Waals surface area (Å²) in [4.78, 5) is 21.5. The lowest BCUT2D eigenvalue weighted by molar-refractivity contribution is 0.255. The number of carbonyl (C=O) groups excluding carboxylic acids is 1. The monoisotopic (exact) mass is 408 g/mol. The van der Waals surface area contributed by atoms with Crippen LogP contribution in [0.15, 0.2) is 30.6 Å². The van der Waals surface area contributed by atoms with Gasteiger partial charge in [0, 0.05) is 42.6 Å². The van der Waals surface area contributed by atoms with Crippen LogP contribution >= 0.6 is 0 Å². The van der Waals surface area contributed by atoms with E-state index in [9.17, 15) is 9.18 Å². The van der Waals surface area contributed by atoms with Gasteiger partial charge in [-0.05, 0) is 69.1 Å². The Bertz CT molecular complexity index is 1120. The highest BCUT2D eigenvalue weighted by atomic mass is 19.1. The average molecular weight is 408 g/mol. The normalized spacial score (nSPS) is 17.5. The molecule has 30 heavy (non-hydrogen) atoms. The van der Waals surface area contributed by atoms with E-state index in [0.29, 0.717) is 29.1 Å². The van der Waals surface area contributed by atoms with Crippen LogP contribution in [0.2, 0.25) is 0 Å². The maximum atomic E-state index is 14.4. The summed E-state index contributed by atoms with van der Waals surface area (Å²) in [6, 6.07) is 4.88. The SMILES string of the molecule is CN1CCC(c2ccnc3c2CCN3C(=O)Nc2cc(F)c3nn(C)cc3c2)CC1. The Morgan fingerprint density at radius 3 is 2.80 bits per heavy atom. The van der Waals surface area contributed by atoms with Crippen molar-refractivity contribution in [1.29, 1.82) is 0 Å². The fourth-order valence-corrected chi connectivity index (χ4v) is 4.69. The van der Waals surface area contributed by atoms with Crippen molar-refractivity contribution in [2.45, 2.75) is 25.2 Å². The number of nitrogens with one attached hydrogen (secondary N) is 1. The van der Waals surface area contributed by atoms with E-state index in [-0.39, 0.29) is 6.03 Å². The molecule has 0 aliphatic carbocycles. The standard InChI is InChI=1S/C22H25FN6O/c1-27-8-4-14(5-9-27)17-3-7-24-21-18(17)6-10-29(21)22(30)25-16-11-15-13-28(2)26-20(15)19(23)12-16/h3,7,11-14H,4-6,8-10H2,1-2H3,(H,25,30). The molecule has 3 aromatic rings. The highest BCUT2D eigenvalue weighted by Crippen LogP contribution is 2.37. The van der Waals surface area contributed by atoms with Crippen molar-refractivity contribution in [2.24, 2.45) is 7.05 Å². The minimum absolute atomic E-state index is 0.288. The van der Waals surface area contributed by atoms with Crippen LogP contribution in [0.25, 0.3) is 10.9 Å². The van der Waals surface area contributed by atoms with Gasteiger partial charge >= 0.3 is 6.03 Å². The number of hydrogen-bond donors (Lipinski definition) is 1. The van der Waals surface area contributed by atoms with E-state index in [1.54, 1.807) is 35.1 Å². The molecule has 8 heteroatoms. The minimum Gasteiger partial charge on any atom is -0.307 e. The van der Waals surface area contributed by atoms with Gasteiger partial charge in [-0.15, -0.1) is 0 Å². The summed E-state index contributed by atoms with van der Waals surface area (Å²) >= 11 is 0. The number of rotatable bonds is 2. The first-order valence-corrected chi connectivity index (χ1v) is 10.4. The van der Waals surface area contributed by atoms with Crippen LogP contribution in [-0.2, 0) is 13.5 Å². The van der Waals surface area contributed by atoms with Gasteiger partial charge in [0.1, 0.15) is 11.3 Å². The molecule has 1 fully saturated rings. The number of anilines is 2. The topological polar surface area (TPSA) is 66.3 Å². The first kappa shape index (κ1) is 19.0. The van der Waals surface area contributed by atoms with Crippen LogP contribution in [0.1, 0.15) is 29.9 Å². The smallest absolute Gasteiger partial charge is 0.307 e. The molecule has 5 rings (SSSR count). The van der Waals surface area contributed by atoms with Gasteiger partial charge in [-0.3, -0.25) is 9.58 Å². The number of hydrogen-bond acceptors (Lipinski definition) is 4. The van der Waals surface area contributed by atoms with Gasteiger partial charge in [-0.25, -0.2) is 14.2 Å². The van der Waals surface area contributed by atoms with Crippen molar-refractivity contribution in [3.05, 3.63) is 47.5 Å². The number of carbonyl (C=O) groups is 1. The number of urea groups is 1. The molecule has 4 heterocycles. The summed E-state index contributed by atoms with van der Waals surface area (Å²) in [5.74, 6) is 0.794. The molecule has 2 aromatic heterocycles. The molecule has 1 saturated heterocycles. The van der Waals surface area contributed by atoms with Gasteiger partial charge in [-0.1, -0.05) is 0 Å². The Labute approximate surface area is 174 Å². The number of pyridine rings is 1. The molecule has 156 valence electrons. The van der Waals surface area contributed by atoms with Crippen molar-refractivity contribution in [3.8, 4) is 0 Å². The maximum Gasteiger partial charge on any atom is 0.327 e. The second kappa shape index (κ2) is 7.36. The fourth-order valence-electron chi connectivity index (χ4n) is 4.69. The molecule has 0 saturated carbocycles. The molecule has 2 aliphatic heterocycles. The van der Waals surface area contributed by atoms with Crippen LogP contribution in [0, 0.1) is 5.82 Å². The Hall–Kier alpha value is -3.00. The van der Waals surface area contributed by atoms with Crippen molar-refractivity contribution < 1.29 is 9.18 Å². The highest BCUT2D eigenvalue weighted by molar-refractivity contribution is 6.03. The third kappa shape index (κ3) is 3.31. The van der Waals surface area contributed by atoms with Gasteiger partial charge in [-0.2, -0.15) is 5.10 Å².